The first-order valence-corrected chi connectivity index (χ1v) is 5.45. The zero-order chi connectivity index (χ0) is 12.8. The number of rotatable bonds is 5. The Bertz CT molecular complexity index is 412. The summed E-state index contributed by atoms with van der Waals surface area (Å²) in [6, 6.07) is 6.16. The summed E-state index contributed by atoms with van der Waals surface area (Å²) in [5.74, 6) is -1.19. The van der Waals surface area contributed by atoms with Gasteiger partial charge in [-0.3, -0.25) is 0 Å². The number of nitrogens with zero attached hydrogens (tertiary/aromatic N) is 1. The molecule has 0 bridgehead atoms. The second kappa shape index (κ2) is 6.03. The van der Waals surface area contributed by atoms with Crippen LogP contribution in [0.4, 0.5) is 10.1 Å². The monoisotopic (exact) mass is 237 g/mol. The summed E-state index contributed by atoms with van der Waals surface area (Å²) in [6.45, 7) is 4.75. The smallest absolute Gasteiger partial charge is 0.331 e. The molecule has 0 radical (unpaired) electrons. The first-order valence-electron chi connectivity index (χ1n) is 5.45. The van der Waals surface area contributed by atoms with E-state index in [1.165, 1.54) is 12.1 Å². The Labute approximate surface area is 100 Å². The molecule has 17 heavy (non-hydrogen) atoms. The maximum Gasteiger partial charge on any atom is 0.331 e. The number of hydrogen-bond acceptors (Lipinski definition) is 2. The molecule has 0 amide bonds. The first-order chi connectivity index (χ1) is 8.04. The van der Waals surface area contributed by atoms with Crippen molar-refractivity contribution in [3.05, 3.63) is 41.7 Å². The summed E-state index contributed by atoms with van der Waals surface area (Å²) >= 11 is 0. The predicted molar refractivity (Wildman–Crippen MR) is 65.7 cm³/mol. The van der Waals surface area contributed by atoms with Crippen LogP contribution in [0, 0.1) is 5.82 Å². The average Bonchev–Trinajstić information content (AvgIpc) is 2.31. The van der Waals surface area contributed by atoms with E-state index in [9.17, 15) is 9.18 Å². The van der Waals surface area contributed by atoms with Crippen molar-refractivity contribution in [1.29, 1.82) is 0 Å². The van der Waals surface area contributed by atoms with Crippen LogP contribution in [0.15, 0.2) is 35.9 Å². The molecule has 0 unspecified atom stereocenters. The average molecular weight is 237 g/mol. The lowest BCUT2D eigenvalue weighted by atomic mass is 10.2. The van der Waals surface area contributed by atoms with E-state index in [0.29, 0.717) is 12.1 Å². The number of carbonyl (C=O) groups is 1. The summed E-state index contributed by atoms with van der Waals surface area (Å²) in [5.41, 5.74) is 1.19. The Morgan fingerprint density at radius 3 is 2.47 bits per heavy atom. The van der Waals surface area contributed by atoms with Gasteiger partial charge in [0.05, 0.1) is 0 Å². The van der Waals surface area contributed by atoms with Crippen LogP contribution < -0.4 is 4.90 Å². The second-order valence-electron chi connectivity index (χ2n) is 3.71. The molecular formula is C13H16FNO2. The molecule has 1 rings (SSSR count). The van der Waals surface area contributed by atoms with Gasteiger partial charge in [-0.05, 0) is 38.1 Å². The van der Waals surface area contributed by atoms with Crippen molar-refractivity contribution in [3.8, 4) is 0 Å². The highest BCUT2D eigenvalue weighted by Crippen LogP contribution is 2.14. The molecule has 4 heteroatoms. The van der Waals surface area contributed by atoms with E-state index in [4.69, 9.17) is 5.11 Å². The fraction of sp³-hybridized carbons (Fsp3) is 0.308. The van der Waals surface area contributed by atoms with E-state index in [1.807, 2.05) is 11.8 Å². The summed E-state index contributed by atoms with van der Waals surface area (Å²) in [7, 11) is 0. The van der Waals surface area contributed by atoms with E-state index < -0.39 is 5.97 Å². The minimum atomic E-state index is -0.917. The fourth-order valence-corrected chi connectivity index (χ4v) is 1.40. The molecule has 0 spiro atoms. The number of aliphatic carboxylic acids is 1. The lowest BCUT2D eigenvalue weighted by molar-refractivity contribution is -0.132. The zero-order valence-electron chi connectivity index (χ0n) is 9.98. The van der Waals surface area contributed by atoms with Gasteiger partial charge in [0.1, 0.15) is 5.82 Å². The van der Waals surface area contributed by atoms with Gasteiger partial charge >= 0.3 is 5.97 Å². The second-order valence-corrected chi connectivity index (χ2v) is 3.71. The van der Waals surface area contributed by atoms with Gasteiger partial charge < -0.3 is 10.0 Å². The van der Waals surface area contributed by atoms with E-state index in [2.05, 4.69) is 0 Å². The fourth-order valence-electron chi connectivity index (χ4n) is 1.40. The Morgan fingerprint density at radius 2 is 2.00 bits per heavy atom. The SMILES string of the molecule is CCN(CC=C(C)C(=O)O)c1ccc(F)cc1. The van der Waals surface area contributed by atoms with Crippen LogP contribution in [0.1, 0.15) is 13.8 Å². The summed E-state index contributed by atoms with van der Waals surface area (Å²) in [6.07, 6.45) is 1.65. The van der Waals surface area contributed by atoms with Crippen LogP contribution in [0.3, 0.4) is 0 Å². The normalized spacial score (nSPS) is 11.4. The van der Waals surface area contributed by atoms with Crippen LogP contribution in [0.25, 0.3) is 0 Å². The first kappa shape index (κ1) is 13.2. The minimum Gasteiger partial charge on any atom is -0.478 e. The number of benzene rings is 1. The van der Waals surface area contributed by atoms with Crippen LogP contribution in [0.5, 0.6) is 0 Å². The molecular weight excluding hydrogens is 221 g/mol. The third kappa shape index (κ3) is 3.90. The van der Waals surface area contributed by atoms with Crippen molar-refractivity contribution in [2.24, 2.45) is 0 Å². The van der Waals surface area contributed by atoms with E-state index in [-0.39, 0.29) is 5.82 Å². The molecule has 0 heterocycles. The highest BCUT2D eigenvalue weighted by Gasteiger charge is 2.04. The Morgan fingerprint density at radius 1 is 1.41 bits per heavy atom. The lowest BCUT2D eigenvalue weighted by Crippen LogP contribution is -2.23. The zero-order valence-corrected chi connectivity index (χ0v) is 9.98. The Kier molecular flexibility index (Phi) is 4.69. The number of likely N-dealkylation sites (N-methyl/N-ethyl adjacent to an activating group) is 1. The predicted octanol–water partition coefficient (Wildman–Crippen LogP) is 2.68. The van der Waals surface area contributed by atoms with Crippen LogP contribution in [0.2, 0.25) is 0 Å². The third-order valence-corrected chi connectivity index (χ3v) is 2.53. The Balaban J connectivity index is 2.76. The van der Waals surface area contributed by atoms with E-state index >= 15 is 0 Å². The number of carboxylic acid groups (broad SMARTS) is 1. The summed E-state index contributed by atoms with van der Waals surface area (Å²) < 4.78 is 12.8. The molecule has 0 aliphatic carbocycles. The molecule has 0 aliphatic rings. The standard InChI is InChI=1S/C13H16FNO2/c1-3-15(9-8-10(2)13(16)17)12-6-4-11(14)5-7-12/h4-8H,3,9H2,1-2H3,(H,16,17). The van der Waals surface area contributed by atoms with Crippen LogP contribution >= 0.6 is 0 Å². The van der Waals surface area contributed by atoms with Gasteiger partial charge in [-0.25, -0.2) is 9.18 Å². The maximum atomic E-state index is 12.8. The minimum absolute atomic E-state index is 0.276. The molecule has 1 aromatic rings. The van der Waals surface area contributed by atoms with E-state index in [0.717, 1.165) is 12.2 Å². The number of halogens is 1. The molecule has 0 aromatic heterocycles. The number of carboxylic acids is 1. The van der Waals surface area contributed by atoms with Crippen molar-refractivity contribution in [2.75, 3.05) is 18.0 Å². The van der Waals surface area contributed by atoms with Crippen LogP contribution in [-0.2, 0) is 4.79 Å². The maximum absolute atomic E-state index is 12.8. The van der Waals surface area contributed by atoms with Crippen molar-refractivity contribution in [1.82, 2.24) is 0 Å². The lowest BCUT2D eigenvalue weighted by Gasteiger charge is -2.21. The van der Waals surface area contributed by atoms with Gasteiger partial charge in [0, 0.05) is 24.4 Å². The summed E-state index contributed by atoms with van der Waals surface area (Å²) in [5, 5.41) is 8.74. The quantitative estimate of drug-likeness (QED) is 0.800. The third-order valence-electron chi connectivity index (χ3n) is 2.53. The van der Waals surface area contributed by atoms with Gasteiger partial charge in [-0.15, -0.1) is 0 Å². The molecule has 0 saturated carbocycles. The molecule has 92 valence electrons. The van der Waals surface area contributed by atoms with Crippen LogP contribution in [-0.4, -0.2) is 24.2 Å². The topological polar surface area (TPSA) is 40.5 Å². The van der Waals surface area contributed by atoms with Gasteiger partial charge in [0.2, 0.25) is 0 Å². The van der Waals surface area contributed by atoms with Crippen molar-refractivity contribution in [2.45, 2.75) is 13.8 Å². The molecule has 0 atom stereocenters. The van der Waals surface area contributed by atoms with E-state index in [1.54, 1.807) is 25.1 Å². The van der Waals surface area contributed by atoms with Crippen molar-refractivity contribution < 1.29 is 14.3 Å². The summed E-state index contributed by atoms with van der Waals surface area (Å²) in [4.78, 5) is 12.6. The van der Waals surface area contributed by atoms with Crippen molar-refractivity contribution in [3.63, 3.8) is 0 Å². The van der Waals surface area contributed by atoms with Crippen molar-refractivity contribution >= 4 is 11.7 Å². The number of anilines is 1. The highest BCUT2D eigenvalue weighted by atomic mass is 19.1. The number of hydrogen-bond donors (Lipinski definition) is 1. The van der Waals surface area contributed by atoms with Gasteiger partial charge in [-0.1, -0.05) is 6.08 Å². The highest BCUT2D eigenvalue weighted by molar-refractivity contribution is 5.85. The van der Waals surface area contributed by atoms with Gasteiger partial charge in [0.25, 0.3) is 0 Å². The molecule has 0 saturated heterocycles. The largest absolute Gasteiger partial charge is 0.478 e. The molecule has 0 fully saturated rings. The Hall–Kier alpha value is -1.84. The molecule has 1 N–H and O–H groups in total. The molecule has 0 aliphatic heterocycles. The van der Waals surface area contributed by atoms with Gasteiger partial charge in [-0.2, -0.15) is 0 Å². The molecule has 1 aromatic carbocycles. The van der Waals surface area contributed by atoms with Gasteiger partial charge in [0.15, 0.2) is 0 Å². The molecule has 3 nitrogen and oxygen atoms in total.